The van der Waals surface area contributed by atoms with Gasteiger partial charge in [0, 0.05) is 51.4 Å². The Balaban J connectivity index is 1.76. The van der Waals surface area contributed by atoms with Crippen LogP contribution in [0.25, 0.3) is 0 Å². The molecule has 8 heteroatoms. The van der Waals surface area contributed by atoms with Crippen molar-refractivity contribution in [2.24, 2.45) is 0 Å². The molecule has 3 amide bonds. The molecule has 1 aromatic heterocycles. The molecule has 1 aliphatic heterocycles. The quantitative estimate of drug-likeness (QED) is 0.806. The van der Waals surface area contributed by atoms with Gasteiger partial charge in [0.1, 0.15) is 0 Å². The van der Waals surface area contributed by atoms with Crippen LogP contribution in [0.5, 0.6) is 0 Å². The number of urea groups is 1. The van der Waals surface area contributed by atoms with Crippen molar-refractivity contribution >= 4 is 17.9 Å². The lowest BCUT2D eigenvalue weighted by Crippen LogP contribution is -2.42. The Hall–Kier alpha value is -2.38. The van der Waals surface area contributed by atoms with Crippen molar-refractivity contribution in [3.63, 3.8) is 0 Å². The van der Waals surface area contributed by atoms with Gasteiger partial charge in [-0.15, -0.1) is 0 Å². The average molecular weight is 389 g/mol. The van der Waals surface area contributed by atoms with Crippen LogP contribution in [0, 0.1) is 0 Å². The molecule has 1 aliphatic carbocycles. The number of carbonyl (C=O) groups is 2. The summed E-state index contributed by atoms with van der Waals surface area (Å²) in [5.41, 5.74) is 1.23. The van der Waals surface area contributed by atoms with Gasteiger partial charge >= 0.3 is 6.03 Å². The number of anilines is 1. The van der Waals surface area contributed by atoms with Crippen LogP contribution in [-0.2, 0) is 0 Å². The fourth-order valence-corrected chi connectivity index (χ4v) is 3.93. The second kappa shape index (κ2) is 8.75. The third-order valence-electron chi connectivity index (χ3n) is 5.41. The van der Waals surface area contributed by atoms with E-state index in [1.165, 1.54) is 12.8 Å². The summed E-state index contributed by atoms with van der Waals surface area (Å²) < 4.78 is 0. The molecule has 2 aliphatic rings. The molecule has 1 atom stereocenters. The minimum absolute atomic E-state index is 0.00414. The lowest BCUT2D eigenvalue weighted by atomic mass is 9.99. The number of rotatable bonds is 5. The van der Waals surface area contributed by atoms with E-state index in [2.05, 4.69) is 20.6 Å². The molecule has 1 aromatic rings. The second-order valence-electron chi connectivity index (χ2n) is 8.35. The molecule has 0 radical (unpaired) electrons. The lowest BCUT2D eigenvalue weighted by Gasteiger charge is -2.21. The Morgan fingerprint density at radius 2 is 1.93 bits per heavy atom. The first-order valence-corrected chi connectivity index (χ1v) is 10.3. The number of amides is 3. The lowest BCUT2D eigenvalue weighted by molar-refractivity contribution is 0.0941. The number of hydrogen-bond acceptors (Lipinski definition) is 5. The van der Waals surface area contributed by atoms with Crippen molar-refractivity contribution in [1.82, 2.24) is 25.5 Å². The highest BCUT2D eigenvalue weighted by atomic mass is 16.2. The Morgan fingerprint density at radius 1 is 1.21 bits per heavy atom. The Morgan fingerprint density at radius 3 is 2.57 bits per heavy atom. The van der Waals surface area contributed by atoms with Crippen LogP contribution in [0.1, 0.15) is 67.9 Å². The molecule has 1 saturated carbocycles. The first-order chi connectivity index (χ1) is 13.3. The van der Waals surface area contributed by atoms with Crippen LogP contribution in [0.3, 0.4) is 0 Å². The van der Waals surface area contributed by atoms with Gasteiger partial charge in [0.2, 0.25) is 5.95 Å². The largest absolute Gasteiger partial charge is 0.350 e. The van der Waals surface area contributed by atoms with Crippen LogP contribution < -0.4 is 15.5 Å². The zero-order valence-electron chi connectivity index (χ0n) is 17.4. The van der Waals surface area contributed by atoms with Crippen LogP contribution in [-0.4, -0.2) is 66.1 Å². The van der Waals surface area contributed by atoms with E-state index in [9.17, 15) is 9.59 Å². The molecule has 2 heterocycles. The summed E-state index contributed by atoms with van der Waals surface area (Å²) in [4.78, 5) is 37.9. The fourth-order valence-electron chi connectivity index (χ4n) is 3.93. The van der Waals surface area contributed by atoms with Crippen molar-refractivity contribution in [2.75, 3.05) is 32.1 Å². The Kier molecular flexibility index (Phi) is 6.36. The van der Waals surface area contributed by atoms with Gasteiger partial charge in [-0.2, -0.15) is 0 Å². The molecule has 2 fully saturated rings. The SMILES string of the molecule is CC(C)NC(=O)c1cnc(N(C)C)nc1C1CCN(C(=O)NC2CCCC2)C1. The molecule has 3 rings (SSSR count). The van der Waals surface area contributed by atoms with Gasteiger partial charge < -0.3 is 20.4 Å². The summed E-state index contributed by atoms with van der Waals surface area (Å²) in [6, 6.07) is 0.342. The highest BCUT2D eigenvalue weighted by Gasteiger charge is 2.32. The molecule has 1 saturated heterocycles. The minimum Gasteiger partial charge on any atom is -0.350 e. The van der Waals surface area contributed by atoms with Crippen molar-refractivity contribution in [3.8, 4) is 0 Å². The van der Waals surface area contributed by atoms with E-state index in [1.54, 1.807) is 6.20 Å². The second-order valence-corrected chi connectivity index (χ2v) is 8.35. The van der Waals surface area contributed by atoms with E-state index < -0.39 is 0 Å². The third kappa shape index (κ3) is 4.72. The van der Waals surface area contributed by atoms with Crippen molar-refractivity contribution in [1.29, 1.82) is 0 Å². The smallest absolute Gasteiger partial charge is 0.317 e. The Labute approximate surface area is 167 Å². The molecule has 0 aromatic carbocycles. The number of nitrogens with zero attached hydrogens (tertiary/aromatic N) is 4. The molecule has 2 N–H and O–H groups in total. The molecule has 0 spiro atoms. The van der Waals surface area contributed by atoms with Crippen LogP contribution in [0.15, 0.2) is 6.20 Å². The van der Waals surface area contributed by atoms with Crippen molar-refractivity contribution < 1.29 is 9.59 Å². The van der Waals surface area contributed by atoms with E-state index in [4.69, 9.17) is 0 Å². The fraction of sp³-hybridized carbons (Fsp3) is 0.700. The summed E-state index contributed by atoms with van der Waals surface area (Å²) in [6.07, 6.45) is 6.92. The first kappa shape index (κ1) is 20.4. The standard InChI is InChI=1S/C20H32N6O2/c1-13(2)22-18(27)16-11-21-19(25(3)4)24-17(16)14-9-10-26(12-14)20(28)23-15-7-5-6-8-15/h11,13-15H,5-10,12H2,1-4H3,(H,22,27)(H,23,28). The number of aromatic nitrogens is 2. The van der Waals surface area contributed by atoms with Gasteiger partial charge in [0.15, 0.2) is 0 Å². The minimum atomic E-state index is -0.163. The molecule has 154 valence electrons. The maximum atomic E-state index is 12.7. The number of hydrogen-bond donors (Lipinski definition) is 2. The first-order valence-electron chi connectivity index (χ1n) is 10.3. The Bertz CT molecular complexity index is 715. The molecular weight excluding hydrogens is 356 g/mol. The van der Waals surface area contributed by atoms with E-state index in [0.29, 0.717) is 30.6 Å². The molecule has 28 heavy (non-hydrogen) atoms. The summed E-state index contributed by atoms with van der Waals surface area (Å²) >= 11 is 0. The van der Waals surface area contributed by atoms with Gasteiger partial charge in [-0.3, -0.25) is 4.79 Å². The third-order valence-corrected chi connectivity index (χ3v) is 5.41. The topological polar surface area (TPSA) is 90.5 Å². The predicted octanol–water partition coefficient (Wildman–Crippen LogP) is 2.12. The van der Waals surface area contributed by atoms with Crippen molar-refractivity contribution in [3.05, 3.63) is 17.5 Å². The predicted molar refractivity (Wildman–Crippen MR) is 109 cm³/mol. The van der Waals surface area contributed by atoms with Gasteiger partial charge in [-0.05, 0) is 33.1 Å². The summed E-state index contributed by atoms with van der Waals surface area (Å²) in [7, 11) is 3.76. The van der Waals surface area contributed by atoms with E-state index in [0.717, 1.165) is 25.0 Å². The number of carbonyl (C=O) groups excluding carboxylic acids is 2. The van der Waals surface area contributed by atoms with Crippen LogP contribution >= 0.6 is 0 Å². The summed E-state index contributed by atoms with van der Waals surface area (Å²) in [6.45, 7) is 5.11. The monoisotopic (exact) mass is 388 g/mol. The van der Waals surface area contributed by atoms with Gasteiger partial charge in [-0.1, -0.05) is 12.8 Å². The molecule has 1 unspecified atom stereocenters. The normalized spacial score (nSPS) is 19.9. The van der Waals surface area contributed by atoms with Crippen LogP contribution in [0.2, 0.25) is 0 Å². The highest BCUT2D eigenvalue weighted by Crippen LogP contribution is 2.29. The molecule has 8 nitrogen and oxygen atoms in total. The summed E-state index contributed by atoms with van der Waals surface area (Å²) in [5.74, 6) is 0.443. The zero-order chi connectivity index (χ0) is 20.3. The van der Waals surface area contributed by atoms with E-state index >= 15 is 0 Å². The molecule has 0 bridgehead atoms. The summed E-state index contributed by atoms with van der Waals surface area (Å²) in [5, 5.41) is 6.08. The number of likely N-dealkylation sites (tertiary alicyclic amines) is 1. The maximum absolute atomic E-state index is 12.7. The van der Waals surface area contributed by atoms with Gasteiger partial charge in [0.05, 0.1) is 11.3 Å². The number of nitrogens with one attached hydrogen (secondary N) is 2. The van der Waals surface area contributed by atoms with Gasteiger partial charge in [-0.25, -0.2) is 14.8 Å². The zero-order valence-corrected chi connectivity index (χ0v) is 17.4. The van der Waals surface area contributed by atoms with Crippen molar-refractivity contribution in [2.45, 2.75) is 64.0 Å². The van der Waals surface area contributed by atoms with E-state index in [1.807, 2.05) is 37.7 Å². The highest BCUT2D eigenvalue weighted by molar-refractivity contribution is 5.95. The molecular formula is C20H32N6O2. The van der Waals surface area contributed by atoms with Crippen LogP contribution in [0.4, 0.5) is 10.7 Å². The average Bonchev–Trinajstić information content (AvgIpc) is 3.32. The van der Waals surface area contributed by atoms with E-state index in [-0.39, 0.29) is 23.9 Å². The maximum Gasteiger partial charge on any atom is 0.317 e. The van der Waals surface area contributed by atoms with Gasteiger partial charge in [0.25, 0.3) is 5.91 Å².